The number of fused-ring (bicyclic) bond motifs is 1. The highest BCUT2D eigenvalue weighted by molar-refractivity contribution is 5.99. The van der Waals surface area contributed by atoms with Crippen LogP contribution in [0.15, 0.2) is 28.8 Å². The molecule has 5 nitrogen and oxygen atoms in total. The van der Waals surface area contributed by atoms with E-state index in [-0.39, 0.29) is 17.1 Å². The van der Waals surface area contributed by atoms with Crippen molar-refractivity contribution in [3.63, 3.8) is 0 Å². The van der Waals surface area contributed by atoms with Crippen molar-refractivity contribution in [2.45, 2.75) is 46.0 Å². The molecule has 0 atom stereocenters. The number of hydrogen-bond donors (Lipinski definition) is 0. The van der Waals surface area contributed by atoms with Gasteiger partial charge >= 0.3 is 0 Å². The molecule has 136 valence electrons. The number of benzene rings is 1. The summed E-state index contributed by atoms with van der Waals surface area (Å²) in [6.07, 6.45) is 3.99. The van der Waals surface area contributed by atoms with E-state index < -0.39 is 0 Å². The highest BCUT2D eigenvalue weighted by Crippen LogP contribution is 2.36. The Balaban J connectivity index is 1.51. The molecule has 1 fully saturated rings. The van der Waals surface area contributed by atoms with Crippen LogP contribution < -0.4 is 0 Å². The number of likely N-dealkylation sites (tertiary alicyclic amines) is 1. The summed E-state index contributed by atoms with van der Waals surface area (Å²) in [6, 6.07) is 7.61. The molecule has 1 aliphatic carbocycles. The van der Waals surface area contributed by atoms with E-state index in [2.05, 4.69) is 19.0 Å². The van der Waals surface area contributed by atoms with E-state index in [0.29, 0.717) is 29.7 Å². The van der Waals surface area contributed by atoms with Gasteiger partial charge in [-0.05, 0) is 42.4 Å². The number of aromatic nitrogens is 1. The third kappa shape index (κ3) is 3.18. The second-order valence-electron chi connectivity index (χ2n) is 8.24. The highest BCUT2D eigenvalue weighted by Gasteiger charge is 2.36. The topological polar surface area (TPSA) is 63.4 Å². The first kappa shape index (κ1) is 17.0. The fourth-order valence-corrected chi connectivity index (χ4v) is 4.01. The molecule has 0 spiro atoms. The molecule has 0 N–H and O–H groups in total. The van der Waals surface area contributed by atoms with Crippen LogP contribution in [0.25, 0.3) is 0 Å². The molecule has 0 bridgehead atoms. The van der Waals surface area contributed by atoms with Crippen LogP contribution in [-0.4, -0.2) is 34.8 Å². The van der Waals surface area contributed by atoms with Crippen molar-refractivity contribution in [3.8, 4) is 0 Å². The van der Waals surface area contributed by atoms with Crippen LogP contribution in [0.4, 0.5) is 0 Å². The number of rotatable bonds is 3. The standard InChI is InChI=1S/C21H24N2O3/c1-21(2)12-16-19(17(24)13-21)18(26-22-16)11-14-5-7-15(8-6-14)20(25)23-9-3-4-10-23/h5-8H,3-4,9-13H2,1-2H3. The Hall–Kier alpha value is -2.43. The fourth-order valence-electron chi connectivity index (χ4n) is 4.01. The summed E-state index contributed by atoms with van der Waals surface area (Å²) >= 11 is 0. The van der Waals surface area contributed by atoms with E-state index >= 15 is 0 Å². The molecule has 2 heterocycles. The van der Waals surface area contributed by atoms with Crippen LogP contribution in [0.2, 0.25) is 0 Å². The summed E-state index contributed by atoms with van der Waals surface area (Å²) in [5.41, 5.74) is 3.12. The van der Waals surface area contributed by atoms with Crippen molar-refractivity contribution in [2.24, 2.45) is 5.41 Å². The lowest BCUT2D eigenvalue weighted by atomic mass is 9.75. The second-order valence-corrected chi connectivity index (χ2v) is 8.24. The molecule has 1 saturated heterocycles. The van der Waals surface area contributed by atoms with Gasteiger partial charge in [0.15, 0.2) is 11.5 Å². The molecule has 2 aromatic rings. The van der Waals surface area contributed by atoms with Gasteiger partial charge in [-0.1, -0.05) is 31.1 Å². The zero-order valence-electron chi connectivity index (χ0n) is 15.4. The van der Waals surface area contributed by atoms with E-state index in [1.807, 2.05) is 29.2 Å². The van der Waals surface area contributed by atoms with E-state index in [4.69, 9.17) is 4.52 Å². The molecule has 1 aromatic carbocycles. The Bertz CT molecular complexity index is 843. The quantitative estimate of drug-likeness (QED) is 0.846. The van der Waals surface area contributed by atoms with Crippen molar-refractivity contribution < 1.29 is 14.1 Å². The number of carbonyl (C=O) groups is 2. The van der Waals surface area contributed by atoms with Gasteiger partial charge < -0.3 is 9.42 Å². The van der Waals surface area contributed by atoms with Crippen LogP contribution in [0, 0.1) is 5.41 Å². The lowest BCUT2D eigenvalue weighted by Gasteiger charge is -2.26. The van der Waals surface area contributed by atoms with Crippen LogP contribution in [0.5, 0.6) is 0 Å². The third-order valence-electron chi connectivity index (χ3n) is 5.36. The van der Waals surface area contributed by atoms with Crippen LogP contribution in [0.1, 0.15) is 70.8 Å². The molecule has 26 heavy (non-hydrogen) atoms. The molecule has 0 radical (unpaired) electrons. The van der Waals surface area contributed by atoms with Crippen molar-refractivity contribution in [2.75, 3.05) is 13.1 Å². The summed E-state index contributed by atoms with van der Waals surface area (Å²) in [6.45, 7) is 5.86. The predicted octanol–water partition coefficient (Wildman–Crippen LogP) is 3.66. The summed E-state index contributed by atoms with van der Waals surface area (Å²) in [5, 5.41) is 4.14. The Kier molecular flexibility index (Phi) is 4.17. The van der Waals surface area contributed by atoms with E-state index in [1.54, 1.807) is 0 Å². The lowest BCUT2D eigenvalue weighted by molar-refractivity contribution is 0.0792. The van der Waals surface area contributed by atoms with Gasteiger partial charge in [-0.3, -0.25) is 9.59 Å². The second kappa shape index (κ2) is 6.38. The number of ketones is 1. The Morgan fingerprint density at radius 1 is 1.15 bits per heavy atom. The van der Waals surface area contributed by atoms with Crippen molar-refractivity contribution >= 4 is 11.7 Å². The summed E-state index contributed by atoms with van der Waals surface area (Å²) in [5.74, 6) is 0.857. The van der Waals surface area contributed by atoms with Gasteiger partial charge in [0, 0.05) is 31.5 Å². The molecule has 0 unspecified atom stereocenters. The SMILES string of the molecule is CC1(C)CC(=O)c2c(noc2Cc2ccc(C(=O)N3CCCC3)cc2)C1. The zero-order chi connectivity index (χ0) is 18.3. The van der Waals surface area contributed by atoms with Crippen molar-refractivity contribution in [3.05, 3.63) is 52.4 Å². The lowest BCUT2D eigenvalue weighted by Crippen LogP contribution is -2.27. The third-order valence-corrected chi connectivity index (χ3v) is 5.36. The monoisotopic (exact) mass is 352 g/mol. The zero-order valence-corrected chi connectivity index (χ0v) is 15.4. The van der Waals surface area contributed by atoms with E-state index in [1.165, 1.54) is 0 Å². The largest absolute Gasteiger partial charge is 0.360 e. The first-order valence-electron chi connectivity index (χ1n) is 9.32. The smallest absolute Gasteiger partial charge is 0.253 e. The number of carbonyl (C=O) groups excluding carboxylic acids is 2. The van der Waals surface area contributed by atoms with Gasteiger partial charge in [0.1, 0.15) is 0 Å². The van der Waals surface area contributed by atoms with Gasteiger partial charge in [0.25, 0.3) is 5.91 Å². The molecule has 0 saturated carbocycles. The minimum absolute atomic E-state index is 0.0597. The maximum Gasteiger partial charge on any atom is 0.253 e. The Morgan fingerprint density at radius 2 is 1.85 bits per heavy atom. The highest BCUT2D eigenvalue weighted by atomic mass is 16.5. The summed E-state index contributed by atoms with van der Waals surface area (Å²) < 4.78 is 5.50. The van der Waals surface area contributed by atoms with E-state index in [9.17, 15) is 9.59 Å². The molecular formula is C21H24N2O3. The number of nitrogens with zero attached hydrogens (tertiary/aromatic N) is 2. The first-order valence-corrected chi connectivity index (χ1v) is 9.32. The average molecular weight is 352 g/mol. The predicted molar refractivity (Wildman–Crippen MR) is 97.3 cm³/mol. The number of hydrogen-bond acceptors (Lipinski definition) is 4. The van der Waals surface area contributed by atoms with Crippen molar-refractivity contribution in [1.29, 1.82) is 0 Å². The summed E-state index contributed by atoms with van der Waals surface area (Å²) in [7, 11) is 0. The molecular weight excluding hydrogens is 328 g/mol. The van der Waals surface area contributed by atoms with Crippen molar-refractivity contribution in [1.82, 2.24) is 10.1 Å². The van der Waals surface area contributed by atoms with E-state index in [0.717, 1.165) is 43.6 Å². The fraction of sp³-hybridized carbons (Fsp3) is 0.476. The molecule has 4 rings (SSSR count). The van der Waals surface area contributed by atoms with Gasteiger partial charge in [-0.15, -0.1) is 0 Å². The van der Waals surface area contributed by atoms with Gasteiger partial charge in [-0.2, -0.15) is 0 Å². The molecule has 1 amide bonds. The maximum absolute atomic E-state index is 12.5. The van der Waals surface area contributed by atoms with Crippen LogP contribution in [-0.2, 0) is 12.8 Å². The minimum Gasteiger partial charge on any atom is -0.360 e. The van der Waals surface area contributed by atoms with Gasteiger partial charge in [0.05, 0.1) is 11.3 Å². The van der Waals surface area contributed by atoms with Crippen LogP contribution in [0.3, 0.4) is 0 Å². The van der Waals surface area contributed by atoms with Gasteiger partial charge in [0.2, 0.25) is 0 Å². The normalized spacial score (nSPS) is 18.8. The summed E-state index contributed by atoms with van der Waals surface area (Å²) in [4.78, 5) is 26.8. The average Bonchev–Trinajstić information content (AvgIpc) is 3.24. The molecule has 1 aliphatic heterocycles. The Morgan fingerprint density at radius 3 is 2.54 bits per heavy atom. The van der Waals surface area contributed by atoms with Crippen LogP contribution >= 0.6 is 0 Å². The number of Topliss-reactive ketones (excluding diaryl/α,β-unsaturated/α-hetero) is 1. The number of amides is 1. The molecule has 2 aliphatic rings. The Labute approximate surface area is 153 Å². The maximum atomic E-state index is 12.5. The first-order chi connectivity index (χ1) is 12.4. The molecule has 1 aromatic heterocycles. The minimum atomic E-state index is -0.0597. The van der Waals surface area contributed by atoms with Gasteiger partial charge in [-0.25, -0.2) is 0 Å². The molecule has 5 heteroatoms.